The molecule has 1 saturated heterocycles. The summed E-state index contributed by atoms with van der Waals surface area (Å²) in [5, 5.41) is 10.4. The number of aromatic nitrogens is 2. The van der Waals surface area contributed by atoms with Crippen LogP contribution in [0.3, 0.4) is 0 Å². The third-order valence-corrected chi connectivity index (χ3v) is 7.57. The number of carbonyl (C=O) groups excluding carboxylic acids is 1. The molecule has 0 bridgehead atoms. The van der Waals surface area contributed by atoms with E-state index in [4.69, 9.17) is 9.47 Å². The molecule has 1 aromatic rings. The maximum absolute atomic E-state index is 12.2. The van der Waals surface area contributed by atoms with Gasteiger partial charge in [-0.1, -0.05) is 99.2 Å². The monoisotopic (exact) mass is 624 g/mol. The predicted octanol–water partition coefficient (Wildman–Crippen LogP) is 6.91. The van der Waals surface area contributed by atoms with Crippen molar-refractivity contribution in [1.82, 2.24) is 9.55 Å². The Morgan fingerprint density at radius 3 is 2.25 bits per heavy atom. The van der Waals surface area contributed by atoms with Gasteiger partial charge >= 0.3 is 11.7 Å². The fraction of sp³-hybridized carbons (Fsp3) is 0.710. The first-order valence-electron chi connectivity index (χ1n) is 15.2. The van der Waals surface area contributed by atoms with Crippen molar-refractivity contribution >= 4 is 28.0 Å². The molecule has 0 aliphatic carbocycles. The molecule has 226 valence electrons. The van der Waals surface area contributed by atoms with Crippen LogP contribution in [0.5, 0.6) is 0 Å². The highest BCUT2D eigenvalue weighted by Crippen LogP contribution is 2.28. The van der Waals surface area contributed by atoms with E-state index in [-0.39, 0.29) is 24.6 Å². The lowest BCUT2D eigenvalue weighted by molar-refractivity contribution is -0.150. The lowest BCUT2D eigenvalue weighted by Crippen LogP contribution is -2.33. The Kier molecular flexibility index (Phi) is 17.8. The minimum atomic E-state index is -0.886. The van der Waals surface area contributed by atoms with Crippen LogP contribution in [0, 0.1) is 0 Å². The summed E-state index contributed by atoms with van der Waals surface area (Å²) in [6.07, 6.45) is 24.1. The smallest absolute Gasteiger partial charge is 0.330 e. The second kappa shape index (κ2) is 20.8. The minimum Gasteiger partial charge on any atom is -0.463 e. The van der Waals surface area contributed by atoms with Crippen LogP contribution >= 0.6 is 15.9 Å². The summed E-state index contributed by atoms with van der Waals surface area (Å²) < 4.78 is 12.3. The molecule has 1 aromatic heterocycles. The highest BCUT2D eigenvalue weighted by molar-refractivity contribution is 9.11. The zero-order valence-corrected chi connectivity index (χ0v) is 25.7. The van der Waals surface area contributed by atoms with E-state index in [9.17, 15) is 19.5 Å². The molecule has 1 aliphatic heterocycles. The number of carbonyl (C=O) groups is 1. The maximum Gasteiger partial charge on any atom is 0.330 e. The molecule has 1 fully saturated rings. The second-order valence-corrected chi connectivity index (χ2v) is 11.2. The number of unbranched alkanes of at least 4 members (excludes halogenated alkanes) is 13. The van der Waals surface area contributed by atoms with Crippen LogP contribution in [0.4, 0.5) is 0 Å². The topological polar surface area (TPSA) is 111 Å². The molecule has 2 rings (SSSR count). The van der Waals surface area contributed by atoms with E-state index in [2.05, 4.69) is 40.0 Å². The lowest BCUT2D eigenvalue weighted by atomic mass is 10.1. The van der Waals surface area contributed by atoms with Gasteiger partial charge in [-0.25, -0.2) is 4.79 Å². The average molecular weight is 626 g/mol. The van der Waals surface area contributed by atoms with Gasteiger partial charge in [0.15, 0.2) is 0 Å². The maximum atomic E-state index is 12.2. The Balaban J connectivity index is 1.49. The molecule has 40 heavy (non-hydrogen) atoms. The fourth-order valence-corrected chi connectivity index (χ4v) is 5.16. The first-order chi connectivity index (χ1) is 19.5. The summed E-state index contributed by atoms with van der Waals surface area (Å²) in [6, 6.07) is 0. The fourth-order valence-electron chi connectivity index (χ4n) is 4.88. The molecule has 1 aliphatic rings. The number of hydrogen-bond acceptors (Lipinski definition) is 6. The van der Waals surface area contributed by atoms with Gasteiger partial charge in [-0.05, 0) is 43.2 Å². The zero-order valence-electron chi connectivity index (χ0n) is 24.2. The number of aliphatic hydroxyl groups excluding tert-OH is 1. The van der Waals surface area contributed by atoms with Crippen LogP contribution in [-0.4, -0.2) is 39.4 Å². The predicted molar refractivity (Wildman–Crippen MR) is 163 cm³/mol. The van der Waals surface area contributed by atoms with E-state index < -0.39 is 29.7 Å². The summed E-state index contributed by atoms with van der Waals surface area (Å²) in [7, 11) is 0. The number of nitrogens with zero attached hydrogens (tertiary/aromatic N) is 1. The molecule has 9 heteroatoms. The molecule has 0 amide bonds. The molecule has 2 heterocycles. The van der Waals surface area contributed by atoms with E-state index in [1.165, 1.54) is 98.9 Å². The quantitative estimate of drug-likeness (QED) is 0.0873. The highest BCUT2D eigenvalue weighted by Gasteiger charge is 2.36. The third kappa shape index (κ3) is 13.6. The van der Waals surface area contributed by atoms with Crippen molar-refractivity contribution in [3.8, 4) is 0 Å². The van der Waals surface area contributed by atoms with Gasteiger partial charge in [0.05, 0.1) is 11.7 Å². The Bertz CT molecular complexity index is 1020. The summed E-state index contributed by atoms with van der Waals surface area (Å²) in [4.78, 5) is 40.0. The van der Waals surface area contributed by atoms with E-state index in [1.807, 2.05) is 0 Å². The number of nitrogens with one attached hydrogen (secondary N) is 1. The van der Waals surface area contributed by atoms with Gasteiger partial charge < -0.3 is 14.6 Å². The summed E-state index contributed by atoms with van der Waals surface area (Å²) >= 11 is 3.11. The van der Waals surface area contributed by atoms with Crippen LogP contribution in [0.2, 0.25) is 0 Å². The molecule has 0 radical (unpaired) electrons. The zero-order chi connectivity index (χ0) is 29.0. The normalized spacial score (nSPS) is 19.2. The Labute approximate surface area is 247 Å². The van der Waals surface area contributed by atoms with E-state index in [0.717, 1.165) is 19.3 Å². The van der Waals surface area contributed by atoms with E-state index in [0.29, 0.717) is 6.42 Å². The van der Waals surface area contributed by atoms with Crippen LogP contribution in [0.15, 0.2) is 32.9 Å². The molecule has 0 aromatic carbocycles. The Morgan fingerprint density at radius 2 is 1.62 bits per heavy atom. The number of aliphatic hydroxyl groups is 1. The summed E-state index contributed by atoms with van der Waals surface area (Å²) in [5.74, 6) is -0.307. The van der Waals surface area contributed by atoms with Crippen molar-refractivity contribution in [3.63, 3.8) is 0 Å². The number of allylic oxidation sites excluding steroid dienone is 2. The summed E-state index contributed by atoms with van der Waals surface area (Å²) in [6.45, 7) is 2.18. The number of hydrogen-bond donors (Lipinski definition) is 2. The largest absolute Gasteiger partial charge is 0.463 e. The number of esters is 1. The first kappa shape index (κ1) is 34.2. The Hall–Kier alpha value is -1.97. The van der Waals surface area contributed by atoms with E-state index >= 15 is 0 Å². The van der Waals surface area contributed by atoms with Gasteiger partial charge in [-0.2, -0.15) is 0 Å². The van der Waals surface area contributed by atoms with Crippen molar-refractivity contribution in [3.05, 3.63) is 49.7 Å². The van der Waals surface area contributed by atoms with Crippen molar-refractivity contribution in [2.75, 3.05) is 6.61 Å². The van der Waals surface area contributed by atoms with Gasteiger partial charge in [0.2, 0.25) is 0 Å². The third-order valence-electron chi connectivity index (χ3n) is 7.30. The van der Waals surface area contributed by atoms with Gasteiger partial charge in [-0.3, -0.25) is 19.1 Å². The van der Waals surface area contributed by atoms with E-state index in [1.54, 1.807) is 0 Å². The lowest BCUT2D eigenvalue weighted by Gasteiger charge is -2.16. The number of aromatic amines is 1. The summed E-state index contributed by atoms with van der Waals surface area (Å²) in [5.41, 5.74) is -0.861. The molecule has 0 unspecified atom stereocenters. The molecular weight excluding hydrogens is 576 g/mol. The number of halogens is 1. The number of H-pyrrole nitrogens is 1. The van der Waals surface area contributed by atoms with Crippen molar-refractivity contribution < 1.29 is 19.4 Å². The van der Waals surface area contributed by atoms with Crippen LogP contribution in [-0.2, 0) is 14.3 Å². The molecule has 8 nitrogen and oxygen atoms in total. The SMILES string of the molecule is CCCCCCCC/C=C\CCCCCCCCCC(=O)OC[C@H]1O[C@@H](n2cc(/C=C/Br)c(=O)[nH]c2=O)C[C@@H]1O. The minimum absolute atomic E-state index is 0.0732. The molecular formula is C31H49BrN2O6. The van der Waals surface area contributed by atoms with Crippen molar-refractivity contribution in [1.29, 1.82) is 0 Å². The van der Waals surface area contributed by atoms with Gasteiger partial charge in [0.1, 0.15) is 18.9 Å². The first-order valence-corrected chi connectivity index (χ1v) is 16.1. The molecule has 0 spiro atoms. The highest BCUT2D eigenvalue weighted by atomic mass is 79.9. The molecule has 3 atom stereocenters. The van der Waals surface area contributed by atoms with Crippen LogP contribution < -0.4 is 11.2 Å². The standard InChI is InChI=1S/C31H49BrN2O6/c1-2-3-4-5-6-7-8-9-10-11-12-13-14-15-16-17-18-19-29(36)39-24-27-26(35)22-28(40-27)34-23-25(20-21-32)30(37)33-31(34)38/h9-10,20-21,23,26-28,35H,2-8,11-19,22,24H2,1H3,(H,33,37,38)/b10-9-,21-20+/t26-,27+,28+/m0/s1. The number of rotatable bonds is 21. The Morgan fingerprint density at radius 1 is 1.02 bits per heavy atom. The van der Waals surface area contributed by atoms with Crippen molar-refractivity contribution in [2.45, 2.75) is 135 Å². The average Bonchev–Trinajstić information content (AvgIpc) is 3.30. The number of ether oxygens (including phenoxy) is 2. The van der Waals surface area contributed by atoms with Gasteiger partial charge in [-0.15, -0.1) is 0 Å². The van der Waals surface area contributed by atoms with Crippen molar-refractivity contribution in [2.24, 2.45) is 0 Å². The second-order valence-electron chi connectivity index (χ2n) is 10.7. The van der Waals surface area contributed by atoms with Gasteiger partial charge in [0.25, 0.3) is 5.56 Å². The van der Waals surface area contributed by atoms with Crippen LogP contribution in [0.25, 0.3) is 6.08 Å². The van der Waals surface area contributed by atoms with Gasteiger partial charge in [0, 0.05) is 19.0 Å². The molecule has 2 N–H and O–H groups in total. The van der Waals surface area contributed by atoms with Crippen LogP contribution in [0.1, 0.15) is 128 Å². The molecule has 0 saturated carbocycles.